The van der Waals surface area contributed by atoms with E-state index in [1.165, 1.54) is 0 Å². The van der Waals surface area contributed by atoms with Gasteiger partial charge in [-0.2, -0.15) is 0 Å². The molecule has 0 aliphatic rings. The molecule has 3 aromatic carbocycles. The predicted octanol–water partition coefficient (Wildman–Crippen LogP) is 5.69. The van der Waals surface area contributed by atoms with E-state index in [4.69, 9.17) is 36.2 Å². The maximum atomic E-state index is 7.57. The van der Waals surface area contributed by atoms with Gasteiger partial charge in [-0.15, -0.1) is 0 Å². The third-order valence-corrected chi connectivity index (χ3v) is 5.71. The summed E-state index contributed by atoms with van der Waals surface area (Å²) in [5.41, 5.74) is 14.0. The zero-order valence-corrected chi connectivity index (χ0v) is 19.6. The lowest BCUT2D eigenvalue weighted by Gasteiger charge is -2.08. The van der Waals surface area contributed by atoms with Crippen LogP contribution in [0.5, 0.6) is 11.5 Å². The van der Waals surface area contributed by atoms with Crippen LogP contribution < -0.4 is 20.9 Å². The van der Waals surface area contributed by atoms with Crippen LogP contribution in [0.1, 0.15) is 36.8 Å². The van der Waals surface area contributed by atoms with E-state index in [2.05, 4.69) is 0 Å². The Morgan fingerprint density at radius 1 is 0.657 bits per heavy atom. The number of hydrogen-bond donors (Lipinski definition) is 4. The number of nitrogen functional groups attached to an aromatic ring is 2. The van der Waals surface area contributed by atoms with Gasteiger partial charge in [-0.1, -0.05) is 12.1 Å². The fourth-order valence-corrected chi connectivity index (χ4v) is 3.72. The van der Waals surface area contributed by atoms with Crippen LogP contribution in [0.4, 0.5) is 0 Å². The fraction of sp³-hybridized carbons (Fsp3) is 0.214. The maximum absolute atomic E-state index is 7.57. The molecule has 180 valence electrons. The lowest BCUT2D eigenvalue weighted by atomic mass is 10.1. The Bertz CT molecular complexity index is 1290. The number of nitrogens with one attached hydrogen (secondary N) is 2. The van der Waals surface area contributed by atoms with Gasteiger partial charge in [0.25, 0.3) is 0 Å². The van der Waals surface area contributed by atoms with Crippen molar-refractivity contribution in [2.45, 2.75) is 25.7 Å². The van der Waals surface area contributed by atoms with Gasteiger partial charge in [0, 0.05) is 22.1 Å². The largest absolute Gasteiger partial charge is 0.494 e. The van der Waals surface area contributed by atoms with Gasteiger partial charge in [-0.05, 0) is 86.3 Å². The van der Waals surface area contributed by atoms with Crippen LogP contribution in [0.3, 0.4) is 0 Å². The molecule has 0 saturated carbocycles. The molecule has 35 heavy (non-hydrogen) atoms. The van der Waals surface area contributed by atoms with E-state index in [-0.39, 0.29) is 11.7 Å². The van der Waals surface area contributed by atoms with Crippen LogP contribution in [0.15, 0.2) is 77.2 Å². The first-order valence-electron chi connectivity index (χ1n) is 11.7. The minimum Gasteiger partial charge on any atom is -0.494 e. The van der Waals surface area contributed by atoms with Gasteiger partial charge in [0.15, 0.2) is 0 Å². The third kappa shape index (κ3) is 6.41. The van der Waals surface area contributed by atoms with Gasteiger partial charge >= 0.3 is 0 Å². The smallest absolute Gasteiger partial charge is 0.135 e. The summed E-state index contributed by atoms with van der Waals surface area (Å²) in [6, 6.07) is 22.7. The van der Waals surface area contributed by atoms with Crippen molar-refractivity contribution >= 4 is 22.6 Å². The highest BCUT2D eigenvalue weighted by atomic mass is 16.5. The van der Waals surface area contributed by atoms with Gasteiger partial charge in [0.05, 0.1) is 13.2 Å². The highest BCUT2D eigenvalue weighted by Crippen LogP contribution is 2.29. The molecule has 0 aliphatic heterocycles. The van der Waals surface area contributed by atoms with Gasteiger partial charge in [-0.3, -0.25) is 10.8 Å². The Kier molecular flexibility index (Phi) is 7.67. The molecule has 1 aromatic heterocycles. The summed E-state index contributed by atoms with van der Waals surface area (Å²) >= 11 is 0. The molecule has 0 fully saturated rings. The summed E-state index contributed by atoms with van der Waals surface area (Å²) in [6.45, 7) is 1.34. The van der Waals surface area contributed by atoms with Crippen LogP contribution >= 0.6 is 0 Å². The van der Waals surface area contributed by atoms with E-state index in [0.29, 0.717) is 29.9 Å². The number of fused-ring (bicyclic) bond motifs is 1. The fourth-order valence-electron chi connectivity index (χ4n) is 3.72. The minimum atomic E-state index is 0.0250. The van der Waals surface area contributed by atoms with Gasteiger partial charge < -0.3 is 25.4 Å². The molecule has 4 rings (SSSR count). The number of hydrogen-bond acceptors (Lipinski definition) is 5. The SMILES string of the molecule is N=C(N)c1ccc(OCCCCCCOc2ccc(-c3cc4ccc(C(=N)N)cc4o3)cc2)cc1. The van der Waals surface area contributed by atoms with Crippen molar-refractivity contribution < 1.29 is 13.9 Å². The lowest BCUT2D eigenvalue weighted by molar-refractivity contribution is 0.287. The molecule has 0 saturated heterocycles. The summed E-state index contributed by atoms with van der Waals surface area (Å²) in [5.74, 6) is 2.48. The van der Waals surface area contributed by atoms with Crippen LogP contribution in [-0.2, 0) is 0 Å². The van der Waals surface area contributed by atoms with Crippen LogP contribution in [0.2, 0.25) is 0 Å². The average Bonchev–Trinajstić information content (AvgIpc) is 3.30. The Morgan fingerprint density at radius 3 is 1.77 bits per heavy atom. The molecule has 0 spiro atoms. The Balaban J connectivity index is 1.15. The van der Waals surface area contributed by atoms with E-state index in [1.807, 2.05) is 54.6 Å². The quantitative estimate of drug-likeness (QED) is 0.120. The first-order chi connectivity index (χ1) is 17.0. The molecule has 0 atom stereocenters. The molecule has 0 amide bonds. The highest BCUT2D eigenvalue weighted by Gasteiger charge is 2.08. The first-order valence-corrected chi connectivity index (χ1v) is 11.7. The second-order valence-electron chi connectivity index (χ2n) is 8.35. The monoisotopic (exact) mass is 470 g/mol. The topological polar surface area (TPSA) is 131 Å². The van der Waals surface area contributed by atoms with Crippen molar-refractivity contribution in [2.75, 3.05) is 13.2 Å². The second-order valence-corrected chi connectivity index (χ2v) is 8.35. The van der Waals surface area contributed by atoms with E-state index in [1.54, 1.807) is 18.2 Å². The number of ether oxygens (including phenoxy) is 2. The number of furan rings is 1. The van der Waals surface area contributed by atoms with Gasteiger partial charge in [-0.25, -0.2) is 0 Å². The molecular formula is C28H30N4O3. The standard InChI is InChI=1S/C28H30N4O3/c29-27(30)20-9-13-24(14-10-20)34-16-4-2-1-3-15-33-23-11-7-19(8-12-23)25-17-21-5-6-22(28(31)32)18-26(21)35-25/h5-14,17-18H,1-4,15-16H2,(H3,29,30)(H3,31,32). The number of amidine groups is 2. The Hall–Kier alpha value is -4.26. The van der Waals surface area contributed by atoms with Crippen molar-refractivity contribution in [1.29, 1.82) is 10.8 Å². The van der Waals surface area contributed by atoms with Crippen LogP contribution in [0.25, 0.3) is 22.3 Å². The summed E-state index contributed by atoms with van der Waals surface area (Å²) in [7, 11) is 0. The molecule has 0 radical (unpaired) electrons. The summed E-state index contributed by atoms with van der Waals surface area (Å²) < 4.78 is 17.6. The molecule has 7 heteroatoms. The van der Waals surface area contributed by atoms with Crippen molar-refractivity contribution in [1.82, 2.24) is 0 Å². The van der Waals surface area contributed by atoms with E-state index in [0.717, 1.165) is 53.9 Å². The van der Waals surface area contributed by atoms with Crippen molar-refractivity contribution in [3.8, 4) is 22.8 Å². The second kappa shape index (κ2) is 11.2. The maximum Gasteiger partial charge on any atom is 0.135 e. The summed E-state index contributed by atoms with van der Waals surface area (Å²) in [4.78, 5) is 0. The number of benzene rings is 3. The summed E-state index contributed by atoms with van der Waals surface area (Å²) in [6.07, 6.45) is 4.11. The van der Waals surface area contributed by atoms with Crippen LogP contribution in [-0.4, -0.2) is 24.9 Å². The van der Waals surface area contributed by atoms with Crippen molar-refractivity contribution in [3.63, 3.8) is 0 Å². The van der Waals surface area contributed by atoms with E-state index < -0.39 is 0 Å². The molecule has 0 aliphatic carbocycles. The molecule has 0 bridgehead atoms. The number of nitrogens with two attached hydrogens (primary N) is 2. The van der Waals surface area contributed by atoms with Crippen molar-refractivity contribution in [3.05, 3.63) is 83.9 Å². The van der Waals surface area contributed by atoms with E-state index in [9.17, 15) is 0 Å². The molecule has 4 aromatic rings. The Morgan fingerprint density at radius 2 is 1.20 bits per heavy atom. The average molecular weight is 471 g/mol. The highest BCUT2D eigenvalue weighted by molar-refractivity contribution is 5.98. The third-order valence-electron chi connectivity index (χ3n) is 5.71. The van der Waals surface area contributed by atoms with Gasteiger partial charge in [0.2, 0.25) is 0 Å². The molecule has 0 unspecified atom stereocenters. The predicted molar refractivity (Wildman–Crippen MR) is 140 cm³/mol. The summed E-state index contributed by atoms with van der Waals surface area (Å²) in [5, 5.41) is 16.0. The first kappa shape index (κ1) is 23.9. The molecular weight excluding hydrogens is 440 g/mol. The number of rotatable bonds is 12. The zero-order valence-electron chi connectivity index (χ0n) is 19.6. The Labute approximate surface area is 204 Å². The normalized spacial score (nSPS) is 10.9. The molecule has 7 nitrogen and oxygen atoms in total. The van der Waals surface area contributed by atoms with Crippen molar-refractivity contribution in [2.24, 2.45) is 11.5 Å². The zero-order chi connectivity index (χ0) is 24.6. The van der Waals surface area contributed by atoms with Gasteiger partial charge in [0.1, 0.15) is 34.5 Å². The van der Waals surface area contributed by atoms with Crippen LogP contribution in [0, 0.1) is 10.8 Å². The van der Waals surface area contributed by atoms with E-state index >= 15 is 0 Å². The molecule has 6 N–H and O–H groups in total. The molecule has 1 heterocycles. The number of unbranched alkanes of at least 4 members (excludes halogenated alkanes) is 3. The minimum absolute atomic E-state index is 0.0250. The lowest BCUT2D eigenvalue weighted by Crippen LogP contribution is -2.10.